The van der Waals surface area contributed by atoms with E-state index >= 15 is 0 Å². The highest BCUT2D eigenvalue weighted by Gasteiger charge is 2.49. The standard InChI is InChI=1S/C28H22N4OS/c1-16-20-11-10-19-24(23-9-6-14-34-23)31-27(18-12-13-30-21-8-5-4-7-17(18)21)32-26(19)28(20,2)15-22(29-3)25(16)33/h4-9,12-16,20H,10-11H2,1-2H3/t16-,20-,28-/m1/s1. The van der Waals surface area contributed by atoms with Gasteiger partial charge in [0, 0.05) is 34.0 Å². The lowest BCUT2D eigenvalue weighted by Gasteiger charge is -2.46. The molecule has 0 radical (unpaired) electrons. The molecular formula is C28H22N4OS. The molecular weight excluding hydrogens is 440 g/mol. The summed E-state index contributed by atoms with van der Waals surface area (Å²) in [6.07, 6.45) is 5.37. The topological polar surface area (TPSA) is 60.1 Å². The Kier molecular flexibility index (Phi) is 4.72. The zero-order chi connectivity index (χ0) is 23.4. The number of hydrogen-bond acceptors (Lipinski definition) is 5. The van der Waals surface area contributed by atoms with Crippen molar-refractivity contribution in [3.8, 4) is 22.0 Å². The Hall–Kier alpha value is -3.69. The molecule has 3 aromatic heterocycles. The van der Waals surface area contributed by atoms with Gasteiger partial charge in [0.2, 0.25) is 5.70 Å². The van der Waals surface area contributed by atoms with Gasteiger partial charge in [0.15, 0.2) is 11.6 Å². The van der Waals surface area contributed by atoms with Crippen LogP contribution in [0.2, 0.25) is 0 Å². The van der Waals surface area contributed by atoms with Gasteiger partial charge >= 0.3 is 0 Å². The van der Waals surface area contributed by atoms with Crippen LogP contribution in [0, 0.1) is 18.4 Å². The second-order valence-corrected chi connectivity index (χ2v) is 10.2. The molecule has 0 aliphatic heterocycles. The van der Waals surface area contributed by atoms with E-state index in [1.807, 2.05) is 49.4 Å². The van der Waals surface area contributed by atoms with Gasteiger partial charge in [0.25, 0.3) is 0 Å². The maximum Gasteiger partial charge on any atom is 0.226 e. The van der Waals surface area contributed by atoms with E-state index in [0.717, 1.165) is 51.1 Å². The first kappa shape index (κ1) is 20.9. The lowest BCUT2D eigenvalue weighted by Crippen LogP contribution is -2.46. The number of fused-ring (bicyclic) bond motifs is 4. The summed E-state index contributed by atoms with van der Waals surface area (Å²) in [6.45, 7) is 11.7. The van der Waals surface area contributed by atoms with Gasteiger partial charge in [0.1, 0.15) is 0 Å². The second kappa shape index (κ2) is 7.68. The van der Waals surface area contributed by atoms with Gasteiger partial charge in [0.05, 0.1) is 28.4 Å². The number of allylic oxidation sites excluding steroid dienone is 2. The predicted octanol–water partition coefficient (Wildman–Crippen LogP) is 6.26. The fourth-order valence-electron chi connectivity index (χ4n) is 5.77. The number of para-hydroxylation sites is 1. The molecule has 0 unspecified atom stereocenters. The third kappa shape index (κ3) is 2.97. The zero-order valence-corrected chi connectivity index (χ0v) is 19.8. The second-order valence-electron chi connectivity index (χ2n) is 9.30. The molecule has 0 saturated carbocycles. The summed E-state index contributed by atoms with van der Waals surface area (Å²) in [4.78, 5) is 32.4. The molecule has 6 heteroatoms. The van der Waals surface area contributed by atoms with Gasteiger partial charge < -0.3 is 4.79 Å². The number of benzene rings is 1. The first-order chi connectivity index (χ1) is 16.5. The van der Waals surface area contributed by atoms with Crippen molar-refractivity contribution in [1.29, 1.82) is 0 Å². The van der Waals surface area contributed by atoms with Crippen molar-refractivity contribution in [2.75, 3.05) is 0 Å². The van der Waals surface area contributed by atoms with E-state index in [4.69, 9.17) is 16.5 Å². The zero-order valence-electron chi connectivity index (χ0n) is 18.9. The Labute approximate surface area is 202 Å². The molecule has 1 aromatic carbocycles. The van der Waals surface area contributed by atoms with Crippen LogP contribution in [-0.2, 0) is 16.6 Å². The van der Waals surface area contributed by atoms with Crippen LogP contribution in [0.3, 0.4) is 0 Å². The molecule has 2 aliphatic rings. The average molecular weight is 463 g/mol. The summed E-state index contributed by atoms with van der Waals surface area (Å²) in [5, 5.41) is 3.07. The number of nitrogens with zero attached hydrogens (tertiary/aromatic N) is 4. The number of thiophene rings is 1. The van der Waals surface area contributed by atoms with Crippen LogP contribution >= 0.6 is 11.3 Å². The van der Waals surface area contributed by atoms with E-state index in [2.05, 4.69) is 28.2 Å². The number of carbonyl (C=O) groups is 1. The van der Waals surface area contributed by atoms with E-state index in [1.165, 1.54) is 0 Å². The number of ketones is 1. The Bertz CT molecular complexity index is 1530. The molecule has 34 heavy (non-hydrogen) atoms. The number of pyridine rings is 1. The normalized spacial score (nSPS) is 23.7. The molecule has 6 rings (SSSR count). The van der Waals surface area contributed by atoms with Crippen LogP contribution in [-0.4, -0.2) is 20.7 Å². The summed E-state index contributed by atoms with van der Waals surface area (Å²) in [5.74, 6) is 0.502. The van der Waals surface area contributed by atoms with Crippen molar-refractivity contribution >= 4 is 28.0 Å². The molecule has 2 aliphatic carbocycles. The average Bonchev–Trinajstić information content (AvgIpc) is 3.40. The van der Waals surface area contributed by atoms with E-state index in [-0.39, 0.29) is 23.3 Å². The Balaban J connectivity index is 1.67. The Morgan fingerprint density at radius 3 is 2.79 bits per heavy atom. The smallest absolute Gasteiger partial charge is 0.226 e. The summed E-state index contributed by atoms with van der Waals surface area (Å²) in [5.41, 5.74) is 4.59. The highest BCUT2D eigenvalue weighted by molar-refractivity contribution is 7.13. The van der Waals surface area contributed by atoms with Crippen molar-refractivity contribution < 1.29 is 4.79 Å². The van der Waals surface area contributed by atoms with Gasteiger partial charge in [-0.1, -0.05) is 44.2 Å². The van der Waals surface area contributed by atoms with Gasteiger partial charge in [-0.15, -0.1) is 11.3 Å². The summed E-state index contributed by atoms with van der Waals surface area (Å²) < 4.78 is 0. The SMILES string of the molecule is [C-]#[N+]C1=C[C@@]2(C)c3nc(-c4ccnc5ccccc45)nc(-c4cccs4)c3CC[C@@H]2[C@@H](C)C1=O. The van der Waals surface area contributed by atoms with Crippen molar-refractivity contribution in [2.45, 2.75) is 32.1 Å². The van der Waals surface area contributed by atoms with Gasteiger partial charge in [-0.3, -0.25) is 4.98 Å². The molecule has 3 heterocycles. The van der Waals surface area contributed by atoms with Crippen molar-refractivity contribution in [3.63, 3.8) is 0 Å². The quantitative estimate of drug-likeness (QED) is 0.330. The highest BCUT2D eigenvalue weighted by Crippen LogP contribution is 2.51. The number of hydrogen-bond donors (Lipinski definition) is 0. The molecule has 0 saturated heterocycles. The maximum absolute atomic E-state index is 12.8. The maximum atomic E-state index is 12.8. The van der Waals surface area contributed by atoms with Crippen LogP contribution in [0.15, 0.2) is 65.8 Å². The summed E-state index contributed by atoms with van der Waals surface area (Å²) in [7, 11) is 0. The molecule has 0 bridgehead atoms. The molecule has 0 amide bonds. The van der Waals surface area contributed by atoms with Crippen LogP contribution in [0.4, 0.5) is 0 Å². The van der Waals surface area contributed by atoms with Crippen LogP contribution < -0.4 is 0 Å². The summed E-state index contributed by atoms with van der Waals surface area (Å²) >= 11 is 1.67. The molecule has 0 spiro atoms. The van der Waals surface area contributed by atoms with E-state index in [1.54, 1.807) is 17.5 Å². The highest BCUT2D eigenvalue weighted by atomic mass is 32.1. The molecule has 0 fully saturated rings. The number of aromatic nitrogens is 3. The molecule has 4 aromatic rings. The summed E-state index contributed by atoms with van der Waals surface area (Å²) in [6, 6.07) is 14.1. The molecule has 3 atom stereocenters. The first-order valence-electron chi connectivity index (χ1n) is 11.4. The minimum absolute atomic E-state index is 0.0474. The number of Topliss-reactive ketones (excluding diaryl/α,β-unsaturated/α-hetero) is 1. The van der Waals surface area contributed by atoms with E-state index < -0.39 is 5.41 Å². The largest absolute Gasteiger partial charge is 0.308 e. The van der Waals surface area contributed by atoms with Crippen molar-refractivity contribution in [2.24, 2.45) is 11.8 Å². The minimum atomic E-state index is -0.507. The van der Waals surface area contributed by atoms with E-state index in [9.17, 15) is 4.79 Å². The monoisotopic (exact) mass is 462 g/mol. The Morgan fingerprint density at radius 2 is 2.00 bits per heavy atom. The Morgan fingerprint density at radius 1 is 1.15 bits per heavy atom. The van der Waals surface area contributed by atoms with Gasteiger partial charge in [-0.2, -0.15) is 0 Å². The lowest BCUT2D eigenvalue weighted by atomic mass is 9.58. The first-order valence-corrected chi connectivity index (χ1v) is 12.3. The van der Waals surface area contributed by atoms with Crippen LogP contribution in [0.1, 0.15) is 31.5 Å². The van der Waals surface area contributed by atoms with Crippen LogP contribution in [0.25, 0.3) is 37.7 Å². The molecule has 5 nitrogen and oxygen atoms in total. The minimum Gasteiger partial charge on any atom is -0.308 e. The molecule has 166 valence electrons. The van der Waals surface area contributed by atoms with Crippen LogP contribution in [0.5, 0.6) is 0 Å². The van der Waals surface area contributed by atoms with Gasteiger partial charge in [-0.05, 0) is 42.3 Å². The number of carbonyl (C=O) groups excluding carboxylic acids is 1. The van der Waals surface area contributed by atoms with E-state index in [0.29, 0.717) is 5.82 Å². The predicted molar refractivity (Wildman–Crippen MR) is 134 cm³/mol. The fourth-order valence-corrected chi connectivity index (χ4v) is 6.51. The third-order valence-corrected chi connectivity index (χ3v) is 8.34. The lowest BCUT2D eigenvalue weighted by molar-refractivity contribution is -0.121. The van der Waals surface area contributed by atoms with Crippen molar-refractivity contribution in [3.05, 3.63) is 88.5 Å². The fraction of sp³-hybridized carbons (Fsp3) is 0.250. The van der Waals surface area contributed by atoms with Crippen molar-refractivity contribution in [1.82, 2.24) is 15.0 Å². The van der Waals surface area contributed by atoms with Gasteiger partial charge in [-0.25, -0.2) is 14.8 Å². The molecule has 0 N–H and O–H groups in total. The number of rotatable bonds is 2. The third-order valence-electron chi connectivity index (χ3n) is 7.46.